The van der Waals surface area contributed by atoms with Gasteiger partial charge in [0.2, 0.25) is 5.79 Å². The molecule has 2 heterocycles. The van der Waals surface area contributed by atoms with Gasteiger partial charge in [0.05, 0.1) is 30.6 Å². The van der Waals surface area contributed by atoms with Gasteiger partial charge >= 0.3 is 0 Å². The molecule has 2 atom stereocenters. The van der Waals surface area contributed by atoms with Crippen LogP contribution in [0.15, 0.2) is 36.9 Å². The number of aromatic nitrogens is 2. The minimum absolute atomic E-state index is 0.00488. The van der Waals surface area contributed by atoms with E-state index in [2.05, 4.69) is 4.98 Å². The molecule has 1 aliphatic rings. The van der Waals surface area contributed by atoms with Gasteiger partial charge in [0, 0.05) is 23.0 Å². The molecule has 0 radical (unpaired) electrons. The van der Waals surface area contributed by atoms with Crippen molar-refractivity contribution in [2.75, 3.05) is 6.61 Å². The summed E-state index contributed by atoms with van der Waals surface area (Å²) in [6, 6.07) is 5.33. The van der Waals surface area contributed by atoms with E-state index in [-0.39, 0.29) is 6.10 Å². The maximum Gasteiger partial charge on any atom is 0.215 e. The molecule has 2 aromatic rings. The summed E-state index contributed by atoms with van der Waals surface area (Å²) in [6.07, 6.45) is 5.31. The molecule has 0 saturated carbocycles. The molecule has 1 fully saturated rings. The van der Waals surface area contributed by atoms with Crippen LogP contribution in [0.4, 0.5) is 0 Å². The average Bonchev–Trinajstić information content (AvgIpc) is 3.00. The van der Waals surface area contributed by atoms with Crippen molar-refractivity contribution in [1.82, 2.24) is 9.55 Å². The van der Waals surface area contributed by atoms with Gasteiger partial charge in [-0.3, -0.25) is 0 Å². The number of imidazole rings is 1. The summed E-state index contributed by atoms with van der Waals surface area (Å²) >= 11 is 12.3. The predicted molar refractivity (Wildman–Crippen MR) is 76.9 cm³/mol. The van der Waals surface area contributed by atoms with Gasteiger partial charge in [-0.1, -0.05) is 29.3 Å². The van der Waals surface area contributed by atoms with Gasteiger partial charge in [0.1, 0.15) is 0 Å². The molecule has 0 spiro atoms. The van der Waals surface area contributed by atoms with Crippen LogP contribution in [0, 0.1) is 0 Å². The molecule has 20 heavy (non-hydrogen) atoms. The van der Waals surface area contributed by atoms with E-state index in [1.807, 2.05) is 23.8 Å². The van der Waals surface area contributed by atoms with Gasteiger partial charge in [0.15, 0.2) is 0 Å². The summed E-state index contributed by atoms with van der Waals surface area (Å²) in [5, 5.41) is 1.12. The Morgan fingerprint density at radius 1 is 1.45 bits per heavy atom. The Labute approximate surface area is 127 Å². The summed E-state index contributed by atoms with van der Waals surface area (Å²) in [6.45, 7) is 2.98. The Bertz CT molecular complexity index is 603. The van der Waals surface area contributed by atoms with E-state index in [4.69, 9.17) is 32.7 Å². The van der Waals surface area contributed by atoms with Crippen LogP contribution in [0.25, 0.3) is 0 Å². The topological polar surface area (TPSA) is 36.3 Å². The van der Waals surface area contributed by atoms with Crippen molar-refractivity contribution in [1.29, 1.82) is 0 Å². The third-order valence-corrected chi connectivity index (χ3v) is 3.78. The highest BCUT2D eigenvalue weighted by Gasteiger charge is 2.43. The standard InChI is InChI=1S/C14H14Cl2N2O2/c1-10-7-19-14(20-10,8-18-5-4-17-9-18)12-3-2-11(15)6-13(12)16/h2-6,9-10H,7-8H2,1H3/t10-,14-/m1/s1. The van der Waals surface area contributed by atoms with Gasteiger partial charge in [-0.15, -0.1) is 0 Å². The minimum atomic E-state index is -0.901. The lowest BCUT2D eigenvalue weighted by Crippen LogP contribution is -2.33. The van der Waals surface area contributed by atoms with Crippen LogP contribution in [-0.2, 0) is 21.8 Å². The van der Waals surface area contributed by atoms with Gasteiger partial charge in [-0.2, -0.15) is 0 Å². The number of rotatable bonds is 3. The molecule has 1 saturated heterocycles. The highest BCUT2D eigenvalue weighted by molar-refractivity contribution is 6.35. The molecule has 106 valence electrons. The Kier molecular flexibility index (Phi) is 3.73. The molecule has 1 aromatic heterocycles. The summed E-state index contributed by atoms with van der Waals surface area (Å²) in [7, 11) is 0. The predicted octanol–water partition coefficient (Wildman–Crippen LogP) is 3.48. The molecule has 1 aromatic carbocycles. The van der Waals surface area contributed by atoms with Crippen LogP contribution in [0.1, 0.15) is 12.5 Å². The van der Waals surface area contributed by atoms with Gasteiger partial charge in [-0.05, 0) is 19.1 Å². The van der Waals surface area contributed by atoms with Crippen molar-refractivity contribution in [2.45, 2.75) is 25.4 Å². The van der Waals surface area contributed by atoms with E-state index >= 15 is 0 Å². The van der Waals surface area contributed by atoms with Gasteiger partial charge < -0.3 is 14.0 Å². The van der Waals surface area contributed by atoms with Crippen molar-refractivity contribution in [3.63, 3.8) is 0 Å². The second kappa shape index (κ2) is 5.37. The first-order valence-electron chi connectivity index (χ1n) is 6.32. The third kappa shape index (κ3) is 2.56. The second-order valence-corrected chi connectivity index (χ2v) is 5.70. The molecule has 0 unspecified atom stereocenters. The summed E-state index contributed by atoms with van der Waals surface area (Å²) in [5.74, 6) is -0.901. The van der Waals surface area contributed by atoms with Crippen molar-refractivity contribution >= 4 is 23.2 Å². The average molecular weight is 313 g/mol. The highest BCUT2D eigenvalue weighted by atomic mass is 35.5. The lowest BCUT2D eigenvalue weighted by Gasteiger charge is -2.29. The molecular weight excluding hydrogens is 299 g/mol. The third-order valence-electron chi connectivity index (χ3n) is 3.23. The van der Waals surface area contributed by atoms with E-state index in [9.17, 15) is 0 Å². The Balaban J connectivity index is 2.01. The van der Waals surface area contributed by atoms with Gasteiger partial charge in [-0.25, -0.2) is 4.98 Å². The Morgan fingerprint density at radius 3 is 2.90 bits per heavy atom. The number of hydrogen-bond donors (Lipinski definition) is 0. The van der Waals surface area contributed by atoms with Crippen molar-refractivity contribution in [3.05, 3.63) is 52.5 Å². The fourth-order valence-corrected chi connectivity index (χ4v) is 2.93. The monoisotopic (exact) mass is 312 g/mol. The smallest absolute Gasteiger partial charge is 0.215 e. The normalized spacial score (nSPS) is 26.1. The van der Waals surface area contributed by atoms with E-state index in [1.54, 1.807) is 24.7 Å². The lowest BCUT2D eigenvalue weighted by atomic mass is 10.1. The molecule has 0 bridgehead atoms. The Hall–Kier alpha value is -1.07. The van der Waals surface area contributed by atoms with E-state index in [0.29, 0.717) is 23.2 Å². The fourth-order valence-electron chi connectivity index (χ4n) is 2.37. The summed E-state index contributed by atoms with van der Waals surface area (Å²) < 4.78 is 13.9. The van der Waals surface area contributed by atoms with E-state index in [0.717, 1.165) is 5.56 Å². The molecule has 6 heteroatoms. The van der Waals surface area contributed by atoms with Crippen LogP contribution < -0.4 is 0 Å². The van der Waals surface area contributed by atoms with Crippen LogP contribution in [0.3, 0.4) is 0 Å². The van der Waals surface area contributed by atoms with Crippen LogP contribution in [0.5, 0.6) is 0 Å². The zero-order chi connectivity index (χ0) is 14.2. The van der Waals surface area contributed by atoms with Crippen molar-refractivity contribution in [3.8, 4) is 0 Å². The number of nitrogens with zero attached hydrogens (tertiary/aromatic N) is 2. The minimum Gasteiger partial charge on any atom is -0.342 e. The molecule has 0 amide bonds. The first-order valence-corrected chi connectivity index (χ1v) is 7.08. The van der Waals surface area contributed by atoms with Gasteiger partial charge in [0.25, 0.3) is 0 Å². The molecule has 3 rings (SSSR count). The maximum atomic E-state index is 6.32. The number of hydrogen-bond acceptors (Lipinski definition) is 3. The number of halogens is 2. The molecule has 0 aliphatic carbocycles. The van der Waals surface area contributed by atoms with E-state index < -0.39 is 5.79 Å². The van der Waals surface area contributed by atoms with Crippen molar-refractivity contribution < 1.29 is 9.47 Å². The SMILES string of the molecule is C[C@@H]1CO[C@@](Cn2ccnc2)(c2ccc(Cl)cc2Cl)O1. The van der Waals surface area contributed by atoms with Crippen molar-refractivity contribution in [2.24, 2.45) is 0 Å². The molecule has 1 aliphatic heterocycles. The maximum absolute atomic E-state index is 6.32. The van der Waals surface area contributed by atoms with Crippen LogP contribution in [-0.4, -0.2) is 22.3 Å². The molecule has 4 nitrogen and oxygen atoms in total. The first-order chi connectivity index (χ1) is 9.59. The first kappa shape index (κ1) is 13.9. The fraction of sp³-hybridized carbons (Fsp3) is 0.357. The largest absolute Gasteiger partial charge is 0.342 e. The highest BCUT2D eigenvalue weighted by Crippen LogP contribution is 2.40. The second-order valence-electron chi connectivity index (χ2n) is 4.85. The quantitative estimate of drug-likeness (QED) is 0.870. The molecular formula is C14H14Cl2N2O2. The van der Waals surface area contributed by atoms with Crippen LogP contribution >= 0.6 is 23.2 Å². The Morgan fingerprint density at radius 2 is 2.30 bits per heavy atom. The van der Waals surface area contributed by atoms with E-state index in [1.165, 1.54) is 0 Å². The summed E-state index contributed by atoms with van der Waals surface area (Å²) in [4.78, 5) is 4.04. The number of benzene rings is 1. The summed E-state index contributed by atoms with van der Waals surface area (Å²) in [5.41, 5.74) is 0.779. The lowest BCUT2D eigenvalue weighted by molar-refractivity contribution is -0.185. The van der Waals surface area contributed by atoms with Crippen LogP contribution in [0.2, 0.25) is 10.0 Å². The number of ether oxygens (including phenoxy) is 2. The zero-order valence-electron chi connectivity index (χ0n) is 10.9. The zero-order valence-corrected chi connectivity index (χ0v) is 12.4. The molecule has 0 N–H and O–H groups in total.